The van der Waals surface area contributed by atoms with E-state index in [-0.39, 0.29) is 0 Å². The summed E-state index contributed by atoms with van der Waals surface area (Å²) in [5.74, 6) is 1.17. The van der Waals surface area contributed by atoms with E-state index in [4.69, 9.17) is 11.1 Å². The summed E-state index contributed by atoms with van der Waals surface area (Å²) >= 11 is 6.78. The minimum Gasteiger partial charge on any atom is -0.172 e. The Morgan fingerprint density at radius 2 is 1.17 bits per heavy atom. The molecule has 0 spiro atoms. The van der Waals surface area contributed by atoms with Gasteiger partial charge in [0.05, 0.1) is 0 Å². The molecule has 0 nitrogen and oxygen atoms in total. The predicted molar refractivity (Wildman–Crippen MR) is 108 cm³/mol. The van der Waals surface area contributed by atoms with E-state index in [1.54, 1.807) is 0 Å². The molecule has 2 aromatic carbocycles. The fourth-order valence-corrected chi connectivity index (χ4v) is 6.50. The summed E-state index contributed by atoms with van der Waals surface area (Å²) in [6.45, 7) is 0. The lowest BCUT2D eigenvalue weighted by Gasteiger charge is -2.15. The first-order valence-electron chi connectivity index (χ1n) is 8.99. The molecule has 0 N–H and O–H groups in total. The van der Waals surface area contributed by atoms with Gasteiger partial charge in [-0.2, -0.15) is 11.1 Å². The van der Waals surface area contributed by atoms with Gasteiger partial charge in [0.15, 0.2) is 0 Å². The van der Waals surface area contributed by atoms with Crippen molar-refractivity contribution in [2.75, 3.05) is 0 Å². The Kier molecular flexibility index (Phi) is 4.73. The second-order valence-corrected chi connectivity index (χ2v) is 11.1. The van der Waals surface area contributed by atoms with Gasteiger partial charge >= 0.3 is 0 Å². The van der Waals surface area contributed by atoms with Crippen LogP contribution < -0.4 is 0 Å². The van der Waals surface area contributed by atoms with Gasteiger partial charge in [-0.15, -0.1) is 0 Å². The van der Waals surface area contributed by atoms with Crippen molar-refractivity contribution >= 4 is 31.3 Å². The molecule has 0 fully saturated rings. The zero-order valence-corrected chi connectivity index (χ0v) is 15.8. The average Bonchev–Trinajstić information content (AvgIpc) is 3.22. The van der Waals surface area contributed by atoms with Crippen LogP contribution in [0.2, 0.25) is 12.1 Å². The van der Waals surface area contributed by atoms with Gasteiger partial charge in [0, 0.05) is 11.8 Å². The number of rotatable bonds is 6. The summed E-state index contributed by atoms with van der Waals surface area (Å²) in [7, 11) is -1.14. The molecule has 0 aliphatic heterocycles. The molecule has 0 saturated carbocycles. The number of hydrogen-bond donors (Lipinski definition) is 0. The molecule has 122 valence electrons. The molecule has 2 atom stereocenters. The van der Waals surface area contributed by atoms with Crippen LogP contribution in [0.15, 0.2) is 60.7 Å². The Labute approximate surface area is 151 Å². The van der Waals surface area contributed by atoms with E-state index in [9.17, 15) is 0 Å². The van der Waals surface area contributed by atoms with Crippen LogP contribution >= 0.6 is 11.1 Å². The van der Waals surface area contributed by atoms with Crippen LogP contribution in [0.5, 0.6) is 0 Å². The van der Waals surface area contributed by atoms with Crippen molar-refractivity contribution < 1.29 is 0 Å². The van der Waals surface area contributed by atoms with Crippen molar-refractivity contribution in [3.05, 3.63) is 82.9 Å². The maximum absolute atomic E-state index is 6.78. The molecular formula is C22H23ClSi. The highest BCUT2D eigenvalue weighted by atomic mass is 35.6. The molecule has 0 heterocycles. The number of benzene rings is 2. The summed E-state index contributed by atoms with van der Waals surface area (Å²) < 4.78 is 0. The van der Waals surface area contributed by atoms with Gasteiger partial charge < -0.3 is 0 Å². The van der Waals surface area contributed by atoms with Crippen molar-refractivity contribution in [1.29, 1.82) is 0 Å². The SMILES string of the molecule is Cl[SiH](CCC1C=Cc2ccccc21)CCC1C=Cc2ccccc21. The molecule has 2 aliphatic rings. The quantitative estimate of drug-likeness (QED) is 0.420. The van der Waals surface area contributed by atoms with Gasteiger partial charge in [-0.1, -0.05) is 72.8 Å². The lowest BCUT2D eigenvalue weighted by molar-refractivity contribution is 0.788. The molecule has 24 heavy (non-hydrogen) atoms. The van der Waals surface area contributed by atoms with Crippen molar-refractivity contribution in [1.82, 2.24) is 0 Å². The molecule has 2 aliphatic carbocycles. The van der Waals surface area contributed by atoms with Crippen LogP contribution in [0.3, 0.4) is 0 Å². The third-order valence-corrected chi connectivity index (χ3v) is 8.62. The minimum atomic E-state index is -1.14. The first-order chi connectivity index (χ1) is 11.8. The standard InChI is InChI=1S/C22H23ClSi/c23-24(15-13-19-11-9-17-5-1-3-7-21(17)19)16-14-20-12-10-18-6-2-4-8-22(18)20/h1-12,19-20,24H,13-16H2. The molecule has 0 bridgehead atoms. The highest BCUT2D eigenvalue weighted by Gasteiger charge is 2.21. The van der Waals surface area contributed by atoms with E-state index in [0.717, 1.165) is 0 Å². The van der Waals surface area contributed by atoms with E-state index >= 15 is 0 Å². The maximum Gasteiger partial charge on any atom is 0.141 e. The van der Waals surface area contributed by atoms with Gasteiger partial charge in [-0.25, -0.2) is 0 Å². The van der Waals surface area contributed by atoms with Gasteiger partial charge in [0.1, 0.15) is 8.11 Å². The minimum absolute atomic E-state index is 0.585. The number of allylic oxidation sites excluding steroid dienone is 2. The van der Waals surface area contributed by atoms with Crippen LogP contribution in [0, 0.1) is 0 Å². The molecule has 0 radical (unpaired) electrons. The molecule has 0 saturated heterocycles. The predicted octanol–water partition coefficient (Wildman–Crippen LogP) is 6.35. The zero-order chi connectivity index (χ0) is 16.4. The lowest BCUT2D eigenvalue weighted by atomic mass is 9.98. The summed E-state index contributed by atoms with van der Waals surface area (Å²) in [6.07, 6.45) is 11.7. The van der Waals surface area contributed by atoms with Gasteiger partial charge in [-0.3, -0.25) is 0 Å². The second kappa shape index (κ2) is 7.12. The van der Waals surface area contributed by atoms with E-state index in [0.29, 0.717) is 11.8 Å². The van der Waals surface area contributed by atoms with Crippen LogP contribution in [-0.2, 0) is 0 Å². The number of fused-ring (bicyclic) bond motifs is 2. The normalized spacial score (nSPS) is 21.7. The molecule has 4 rings (SSSR count). The van der Waals surface area contributed by atoms with Crippen molar-refractivity contribution in [2.24, 2.45) is 0 Å². The van der Waals surface area contributed by atoms with E-state index in [1.807, 2.05) is 0 Å². The number of halogens is 1. The van der Waals surface area contributed by atoms with Gasteiger partial charge in [0.2, 0.25) is 0 Å². The smallest absolute Gasteiger partial charge is 0.141 e. The first-order valence-corrected chi connectivity index (χ1v) is 12.4. The van der Waals surface area contributed by atoms with Crippen LogP contribution in [0.1, 0.15) is 46.9 Å². The topological polar surface area (TPSA) is 0 Å². The van der Waals surface area contributed by atoms with Crippen LogP contribution in [0.25, 0.3) is 12.2 Å². The summed E-state index contributed by atoms with van der Waals surface area (Å²) in [5.41, 5.74) is 5.76. The van der Waals surface area contributed by atoms with Crippen molar-refractivity contribution in [2.45, 2.75) is 36.8 Å². The number of hydrogen-bond acceptors (Lipinski definition) is 0. The highest BCUT2D eigenvalue weighted by molar-refractivity contribution is 7.06. The molecule has 2 aromatic rings. The summed E-state index contributed by atoms with van der Waals surface area (Å²) in [6, 6.07) is 20.0. The summed E-state index contributed by atoms with van der Waals surface area (Å²) in [4.78, 5) is 0. The van der Waals surface area contributed by atoms with E-state index in [2.05, 4.69) is 72.8 Å². The molecule has 2 heteroatoms. The first kappa shape index (κ1) is 15.9. The van der Waals surface area contributed by atoms with Crippen LogP contribution in [-0.4, -0.2) is 8.11 Å². The maximum atomic E-state index is 6.78. The van der Waals surface area contributed by atoms with E-state index < -0.39 is 8.11 Å². The Morgan fingerprint density at radius 3 is 1.67 bits per heavy atom. The Balaban J connectivity index is 1.27. The fraction of sp³-hybridized carbons (Fsp3) is 0.273. The molecular weight excluding hydrogens is 328 g/mol. The summed E-state index contributed by atoms with van der Waals surface area (Å²) in [5, 5.41) is 0. The average molecular weight is 351 g/mol. The Morgan fingerprint density at radius 1 is 0.708 bits per heavy atom. The van der Waals surface area contributed by atoms with Crippen LogP contribution in [0.4, 0.5) is 0 Å². The third-order valence-electron chi connectivity index (χ3n) is 5.39. The molecule has 0 aromatic heterocycles. The zero-order valence-electron chi connectivity index (χ0n) is 13.9. The highest BCUT2D eigenvalue weighted by Crippen LogP contribution is 2.36. The van der Waals surface area contributed by atoms with E-state index in [1.165, 1.54) is 47.2 Å². The Hall–Kier alpha value is -1.57. The Bertz CT molecular complexity index is 712. The third kappa shape index (κ3) is 3.29. The molecule has 0 amide bonds. The lowest BCUT2D eigenvalue weighted by Crippen LogP contribution is -2.07. The fourth-order valence-electron chi connectivity index (χ4n) is 4.02. The van der Waals surface area contributed by atoms with Crippen molar-refractivity contribution in [3.8, 4) is 0 Å². The molecule has 2 unspecified atom stereocenters. The van der Waals surface area contributed by atoms with Crippen molar-refractivity contribution in [3.63, 3.8) is 0 Å². The second-order valence-electron chi connectivity index (χ2n) is 6.94. The monoisotopic (exact) mass is 350 g/mol. The largest absolute Gasteiger partial charge is 0.172 e. The van der Waals surface area contributed by atoms with Gasteiger partial charge in [-0.05, 0) is 47.2 Å². The van der Waals surface area contributed by atoms with Gasteiger partial charge in [0.25, 0.3) is 0 Å².